The first kappa shape index (κ1) is 18.0. The van der Waals surface area contributed by atoms with Gasteiger partial charge in [-0.05, 0) is 52.5 Å². The smallest absolute Gasteiger partial charge is 0.131 e. The van der Waals surface area contributed by atoms with Gasteiger partial charge in [0.05, 0.1) is 12.2 Å². The number of ether oxygens (including phenoxy) is 2. The molecule has 25 heavy (non-hydrogen) atoms. The molecule has 3 rings (SSSR count). The van der Waals surface area contributed by atoms with Crippen LogP contribution in [0.5, 0.6) is 11.5 Å². The molecular weight excluding hydrogens is 316 g/mol. The molecule has 2 N–H and O–H groups in total. The number of benzene rings is 2. The zero-order chi connectivity index (χ0) is 18.0. The molecule has 2 unspecified atom stereocenters. The van der Waals surface area contributed by atoms with Crippen LogP contribution < -0.4 is 9.47 Å². The molecule has 0 saturated heterocycles. The molecule has 2 aromatic carbocycles. The molecule has 0 heterocycles. The highest BCUT2D eigenvalue weighted by molar-refractivity contribution is 5.96. The number of aliphatic hydroxyl groups is 2. The van der Waals surface area contributed by atoms with Gasteiger partial charge < -0.3 is 19.7 Å². The third kappa shape index (κ3) is 3.91. The van der Waals surface area contributed by atoms with Crippen LogP contribution in [0.4, 0.5) is 0 Å². The van der Waals surface area contributed by atoms with Crippen molar-refractivity contribution in [1.29, 1.82) is 0 Å². The summed E-state index contributed by atoms with van der Waals surface area (Å²) in [7, 11) is 0. The van der Waals surface area contributed by atoms with E-state index in [9.17, 15) is 10.2 Å². The lowest BCUT2D eigenvalue weighted by molar-refractivity contribution is 0.120. The molecule has 1 aliphatic carbocycles. The van der Waals surface area contributed by atoms with Crippen molar-refractivity contribution in [1.82, 2.24) is 0 Å². The van der Waals surface area contributed by atoms with Crippen LogP contribution in [0.25, 0.3) is 10.8 Å². The summed E-state index contributed by atoms with van der Waals surface area (Å²) in [6.07, 6.45) is 3.16. The second kappa shape index (κ2) is 7.63. The minimum absolute atomic E-state index is 0.281. The number of hydrogen-bond acceptors (Lipinski definition) is 4. The molecule has 0 aliphatic heterocycles. The maximum Gasteiger partial charge on any atom is 0.131 e. The fourth-order valence-electron chi connectivity index (χ4n) is 3.51. The Morgan fingerprint density at radius 2 is 1.40 bits per heavy atom. The molecule has 0 bridgehead atoms. The molecule has 1 aliphatic rings. The summed E-state index contributed by atoms with van der Waals surface area (Å²) >= 11 is 0. The van der Waals surface area contributed by atoms with Gasteiger partial charge in [0, 0.05) is 21.9 Å². The van der Waals surface area contributed by atoms with Crippen molar-refractivity contribution in [2.75, 3.05) is 13.2 Å². The molecule has 2 aromatic rings. The fraction of sp³-hybridized carbons (Fsp3) is 0.524. The van der Waals surface area contributed by atoms with Gasteiger partial charge in [0.2, 0.25) is 0 Å². The summed E-state index contributed by atoms with van der Waals surface area (Å²) < 4.78 is 12.1. The van der Waals surface area contributed by atoms with E-state index in [0.29, 0.717) is 0 Å². The van der Waals surface area contributed by atoms with E-state index in [4.69, 9.17) is 9.47 Å². The van der Waals surface area contributed by atoms with Crippen molar-refractivity contribution < 1.29 is 19.7 Å². The van der Waals surface area contributed by atoms with Crippen molar-refractivity contribution in [2.24, 2.45) is 0 Å². The highest BCUT2D eigenvalue weighted by atomic mass is 16.5. The first-order chi connectivity index (χ1) is 12.0. The summed E-state index contributed by atoms with van der Waals surface area (Å²) in [5.74, 6) is 1.77. The molecule has 0 radical (unpaired) electrons. The maximum atomic E-state index is 9.67. The predicted molar refractivity (Wildman–Crippen MR) is 99.7 cm³/mol. The topological polar surface area (TPSA) is 58.9 Å². The number of rotatable bonds is 6. The van der Waals surface area contributed by atoms with Crippen molar-refractivity contribution >= 4 is 10.8 Å². The third-order valence-corrected chi connectivity index (χ3v) is 4.62. The van der Waals surface area contributed by atoms with Crippen LogP contribution in [0.1, 0.15) is 43.4 Å². The number of aliphatic hydroxyl groups excluding tert-OH is 2. The van der Waals surface area contributed by atoms with Gasteiger partial charge in [-0.2, -0.15) is 0 Å². The summed E-state index contributed by atoms with van der Waals surface area (Å²) in [6, 6.07) is 6.27. The Morgan fingerprint density at radius 3 is 1.92 bits per heavy atom. The Hall–Kier alpha value is -1.78. The van der Waals surface area contributed by atoms with Crippen LogP contribution in [-0.4, -0.2) is 35.6 Å². The molecule has 0 saturated carbocycles. The molecule has 0 amide bonds. The zero-order valence-electron chi connectivity index (χ0n) is 15.3. The Balaban J connectivity index is 2.19. The average Bonchev–Trinajstić information content (AvgIpc) is 2.57. The van der Waals surface area contributed by atoms with E-state index >= 15 is 0 Å². The van der Waals surface area contributed by atoms with E-state index in [1.807, 2.05) is 0 Å². The van der Waals surface area contributed by atoms with Gasteiger partial charge in [-0.1, -0.05) is 17.7 Å². The minimum atomic E-state index is -0.509. The van der Waals surface area contributed by atoms with Crippen LogP contribution >= 0.6 is 0 Å². The molecule has 2 atom stereocenters. The molecule has 0 spiro atoms. The summed E-state index contributed by atoms with van der Waals surface area (Å²) in [5, 5.41) is 21.4. The maximum absolute atomic E-state index is 9.67. The quantitative estimate of drug-likeness (QED) is 0.841. The van der Waals surface area contributed by atoms with Crippen LogP contribution in [0.3, 0.4) is 0 Å². The first-order valence-corrected chi connectivity index (χ1v) is 9.17. The van der Waals surface area contributed by atoms with Gasteiger partial charge in [0.15, 0.2) is 0 Å². The Bertz CT molecular complexity index is 749. The van der Waals surface area contributed by atoms with E-state index in [1.165, 1.54) is 11.1 Å². The van der Waals surface area contributed by atoms with Crippen molar-refractivity contribution in [3.8, 4) is 11.5 Å². The highest BCUT2D eigenvalue weighted by Gasteiger charge is 2.24. The average molecular weight is 344 g/mol. The largest absolute Gasteiger partial charge is 0.490 e. The van der Waals surface area contributed by atoms with Crippen LogP contribution in [0.15, 0.2) is 18.2 Å². The Morgan fingerprint density at radius 1 is 0.880 bits per heavy atom. The van der Waals surface area contributed by atoms with Crippen LogP contribution in [-0.2, 0) is 12.8 Å². The van der Waals surface area contributed by atoms with E-state index in [0.717, 1.165) is 53.5 Å². The third-order valence-electron chi connectivity index (χ3n) is 4.62. The molecule has 4 heteroatoms. The van der Waals surface area contributed by atoms with Gasteiger partial charge in [-0.25, -0.2) is 0 Å². The summed E-state index contributed by atoms with van der Waals surface area (Å²) in [6.45, 7) is 6.10. The normalized spacial score (nSPS) is 16.4. The molecule has 0 aromatic heterocycles. The van der Waals surface area contributed by atoms with Crippen LogP contribution in [0.2, 0.25) is 0 Å². The van der Waals surface area contributed by atoms with Gasteiger partial charge in [-0.3, -0.25) is 0 Å². The zero-order valence-corrected chi connectivity index (χ0v) is 15.3. The lowest BCUT2D eigenvalue weighted by Crippen LogP contribution is -2.18. The standard InChI is InChI=1S/C21H28O4/c1-13-8-9-18-19(10-13)21(25-12-15(3)23)17-7-5-4-6-16(17)20(18)24-11-14(2)22/h8-10,14-15,22-23H,4-7,11-12H2,1-3H3. The van der Waals surface area contributed by atoms with Crippen LogP contribution in [0, 0.1) is 6.92 Å². The van der Waals surface area contributed by atoms with Gasteiger partial charge in [0.1, 0.15) is 24.7 Å². The van der Waals surface area contributed by atoms with Gasteiger partial charge in [-0.15, -0.1) is 0 Å². The lowest BCUT2D eigenvalue weighted by Gasteiger charge is -2.26. The number of hydrogen-bond donors (Lipinski definition) is 2. The molecule has 0 fully saturated rings. The van der Waals surface area contributed by atoms with E-state index in [-0.39, 0.29) is 13.2 Å². The van der Waals surface area contributed by atoms with Gasteiger partial charge >= 0.3 is 0 Å². The Kier molecular flexibility index (Phi) is 5.50. The highest BCUT2D eigenvalue weighted by Crippen LogP contribution is 2.44. The predicted octanol–water partition coefficient (Wildman–Crippen LogP) is 3.55. The van der Waals surface area contributed by atoms with E-state index in [2.05, 4.69) is 25.1 Å². The second-order valence-electron chi connectivity index (χ2n) is 7.19. The van der Waals surface area contributed by atoms with E-state index < -0.39 is 12.2 Å². The molecule has 136 valence electrons. The molecule has 4 nitrogen and oxygen atoms in total. The summed E-state index contributed by atoms with van der Waals surface area (Å²) in [4.78, 5) is 0. The number of fused-ring (bicyclic) bond motifs is 2. The van der Waals surface area contributed by atoms with E-state index in [1.54, 1.807) is 13.8 Å². The Labute approximate surface area is 149 Å². The fourth-order valence-corrected chi connectivity index (χ4v) is 3.51. The SMILES string of the molecule is Cc1ccc2c(OCC(C)O)c3c(c(OCC(C)O)c2c1)CCCC3. The van der Waals surface area contributed by atoms with Crippen molar-refractivity contribution in [3.05, 3.63) is 34.9 Å². The summed E-state index contributed by atoms with van der Waals surface area (Å²) in [5.41, 5.74) is 3.56. The minimum Gasteiger partial charge on any atom is -0.490 e. The monoisotopic (exact) mass is 344 g/mol. The molecular formula is C21H28O4. The second-order valence-corrected chi connectivity index (χ2v) is 7.19. The van der Waals surface area contributed by atoms with Crippen molar-refractivity contribution in [2.45, 2.75) is 58.7 Å². The first-order valence-electron chi connectivity index (χ1n) is 9.17. The number of aryl methyl sites for hydroxylation is 1. The lowest BCUT2D eigenvalue weighted by atomic mass is 9.87. The van der Waals surface area contributed by atoms with Crippen molar-refractivity contribution in [3.63, 3.8) is 0 Å². The van der Waals surface area contributed by atoms with Gasteiger partial charge in [0.25, 0.3) is 0 Å².